The zero-order valence-corrected chi connectivity index (χ0v) is 45.7. The molecule has 1 heterocycles. The molecule has 0 spiro atoms. The molecule has 1 radical (unpaired) electrons. The van der Waals surface area contributed by atoms with Crippen molar-refractivity contribution in [2.75, 3.05) is 104 Å². The summed E-state index contributed by atoms with van der Waals surface area (Å²) in [4.78, 5) is 92.6. The van der Waals surface area contributed by atoms with E-state index in [1.165, 1.54) is 42.5 Å². The van der Waals surface area contributed by atoms with E-state index in [0.717, 1.165) is 12.2 Å². The third-order valence-electron chi connectivity index (χ3n) is 11.7. The number of amides is 3. The van der Waals surface area contributed by atoms with Gasteiger partial charge in [0.2, 0.25) is 11.8 Å². The number of aromatic hydroxyl groups is 2. The summed E-state index contributed by atoms with van der Waals surface area (Å²) in [6.45, 7) is 1.54. The second-order valence-corrected chi connectivity index (χ2v) is 18.9. The van der Waals surface area contributed by atoms with Crippen LogP contribution < -0.4 is 31.3 Å². The molecule has 4 aromatic carbocycles. The molecule has 0 saturated carbocycles. The molecule has 3 amide bonds. The van der Waals surface area contributed by atoms with Crippen LogP contribution in [-0.2, 0) is 53.7 Å². The maximum absolute atomic E-state index is 12.9. The minimum absolute atomic E-state index is 0. The van der Waals surface area contributed by atoms with Crippen molar-refractivity contribution in [3.63, 3.8) is 0 Å². The Bertz CT molecular complexity index is 2750. The van der Waals surface area contributed by atoms with E-state index < -0.39 is 47.6 Å². The molecular formula is C51H60Cl2CoN9O15S-. The average molecular weight is 1200 g/mol. The average Bonchev–Trinajstić information content (AvgIpc) is 3.36. The zero-order chi connectivity index (χ0) is 56.7. The molecule has 4 aromatic rings. The Morgan fingerprint density at radius 2 is 1.20 bits per heavy atom. The molecule has 429 valence electrons. The van der Waals surface area contributed by atoms with Crippen molar-refractivity contribution in [2.24, 2.45) is 0 Å². The number of nitrogens with zero attached hydrogens (tertiary/aromatic N) is 4. The van der Waals surface area contributed by atoms with Crippen molar-refractivity contribution < 1.29 is 90.5 Å². The van der Waals surface area contributed by atoms with Gasteiger partial charge >= 0.3 is 23.9 Å². The summed E-state index contributed by atoms with van der Waals surface area (Å²) in [5.41, 5.74) is 2.00. The number of carboxylic acid groups (broad SMARTS) is 4. The Morgan fingerprint density at radius 3 is 1.82 bits per heavy atom. The first kappa shape index (κ1) is 64.7. The first-order valence-corrected chi connectivity index (χ1v) is 25.3. The summed E-state index contributed by atoms with van der Waals surface area (Å²) in [5, 5.41) is 72.2. The molecule has 28 heteroatoms. The Kier molecular flexibility index (Phi) is 26.9. The fraction of sp³-hybridized carbons (Fsp3) is 0.353. The molecule has 0 aliphatic carbocycles. The minimum atomic E-state index is -1.11. The molecule has 1 atom stereocenters. The Hall–Kier alpha value is -6.85. The van der Waals surface area contributed by atoms with Crippen molar-refractivity contribution in [3.05, 3.63) is 123 Å². The third kappa shape index (κ3) is 23.2. The van der Waals surface area contributed by atoms with Gasteiger partial charge in [0.25, 0.3) is 5.91 Å². The van der Waals surface area contributed by atoms with Crippen LogP contribution in [0.2, 0.25) is 10.0 Å². The number of ether oxygens (including phenoxy) is 2. The molecule has 1 fully saturated rings. The molecule has 1 unspecified atom stereocenters. The number of phenols is 2. The van der Waals surface area contributed by atoms with E-state index in [0.29, 0.717) is 24.2 Å². The summed E-state index contributed by atoms with van der Waals surface area (Å²) in [5.74, 6) is -6.49. The number of hydrogen-bond donors (Lipinski definition) is 11. The predicted octanol–water partition coefficient (Wildman–Crippen LogP) is 2.46. The quantitative estimate of drug-likeness (QED) is 0.0258. The monoisotopic (exact) mass is 1200 g/mol. The summed E-state index contributed by atoms with van der Waals surface area (Å²) >= 11 is 18.1. The topological polar surface area (TPSA) is 332 Å². The van der Waals surface area contributed by atoms with Gasteiger partial charge in [0.1, 0.15) is 23.9 Å². The fourth-order valence-corrected chi connectivity index (χ4v) is 8.96. The maximum atomic E-state index is 12.9. The van der Waals surface area contributed by atoms with Crippen LogP contribution in [0.15, 0.2) is 78.9 Å². The van der Waals surface area contributed by atoms with Gasteiger partial charge in [-0.25, -0.2) is 0 Å². The number of benzene rings is 4. The number of carbonyl (C=O) groups is 7. The molecule has 24 nitrogen and oxygen atoms in total. The van der Waals surface area contributed by atoms with E-state index in [1.54, 1.807) is 43.9 Å². The van der Waals surface area contributed by atoms with Gasteiger partial charge < -0.3 is 66.7 Å². The first-order valence-electron chi connectivity index (χ1n) is 24.2. The SMILES string of the molecule is O=C(O)CN1CCN(CC(=O)O)CCN(CC(=O)O)C(Cc2ccc(NC(=S)NCCOCCOc3cc(O)cc(C(=O)N[CH-]NC(=O)c4c(Cl)cc(C(=O)NCc5cccc(O)c5)cc4Cl)c3)cc2)CN(CC(=O)O)CC1.[Co]. The van der Waals surface area contributed by atoms with E-state index in [1.807, 2.05) is 12.1 Å². The Balaban J connectivity index is 0.0000134. The fourth-order valence-electron chi connectivity index (χ4n) is 8.08. The predicted molar refractivity (Wildman–Crippen MR) is 289 cm³/mol. The number of phenolic OH excluding ortho intramolecular Hbond substituents is 2. The van der Waals surface area contributed by atoms with Gasteiger partial charge in [0.05, 0.1) is 55.0 Å². The van der Waals surface area contributed by atoms with E-state index in [9.17, 15) is 64.2 Å². The zero-order valence-electron chi connectivity index (χ0n) is 42.3. The van der Waals surface area contributed by atoms with Crippen molar-refractivity contribution in [1.29, 1.82) is 0 Å². The molecule has 0 bridgehead atoms. The number of rotatable bonds is 25. The minimum Gasteiger partial charge on any atom is -0.508 e. The van der Waals surface area contributed by atoms with Gasteiger partial charge in [-0.2, -0.15) is 6.67 Å². The molecule has 79 heavy (non-hydrogen) atoms. The van der Waals surface area contributed by atoms with Crippen molar-refractivity contribution in [2.45, 2.75) is 19.0 Å². The number of carbonyl (C=O) groups excluding carboxylic acids is 3. The normalized spacial score (nSPS) is 14.7. The second-order valence-electron chi connectivity index (χ2n) is 17.7. The Labute approximate surface area is 480 Å². The number of carboxylic acids is 4. The van der Waals surface area contributed by atoms with E-state index in [2.05, 4.69) is 26.6 Å². The number of hydrogen-bond acceptors (Lipinski definition) is 16. The molecule has 1 saturated heterocycles. The van der Waals surface area contributed by atoms with Crippen LogP contribution >= 0.6 is 35.4 Å². The van der Waals surface area contributed by atoms with Crippen LogP contribution in [-0.4, -0.2) is 201 Å². The number of halogens is 2. The van der Waals surface area contributed by atoms with Gasteiger partial charge in [0.15, 0.2) is 5.11 Å². The standard InChI is InChI=1S/C51H60Cl2N9O15S.Co/c52-41-22-35(48(73)55-25-33-2-1-3-38(63)19-33)23-42(53)47(41)50(75)57-31-56-49(74)34-20-39(64)24-40(21-34)77-17-16-76-15-8-54-51(78)58-36-6-4-32(5-7-36)18-37-26-61(29-45(69)70)12-11-59(27-43(65)66)9-10-60(28-44(67)68)13-14-62(37)30-46(71)72;/h1-7,19-24,31,37,63-64H,8-18,25-30H2,(H,55,73)(H,56,74)(H,57,75)(H,65,66)(H,67,68)(H,69,70)(H,71,72)(H2,54,58,78);/q-1;. The van der Waals surface area contributed by atoms with E-state index in [-0.39, 0.29) is 164 Å². The van der Waals surface area contributed by atoms with E-state index >= 15 is 0 Å². The molecular weight excluding hydrogens is 1140 g/mol. The summed E-state index contributed by atoms with van der Waals surface area (Å²) in [6, 6.07) is 19.4. The van der Waals surface area contributed by atoms with Crippen LogP contribution in [0.5, 0.6) is 17.2 Å². The van der Waals surface area contributed by atoms with E-state index in [4.69, 9.17) is 44.9 Å². The molecule has 1 aliphatic heterocycles. The third-order valence-corrected chi connectivity index (χ3v) is 12.6. The summed E-state index contributed by atoms with van der Waals surface area (Å²) < 4.78 is 11.3. The molecule has 11 N–H and O–H groups in total. The Morgan fingerprint density at radius 1 is 0.620 bits per heavy atom. The van der Waals surface area contributed by atoms with Crippen LogP contribution in [0.3, 0.4) is 0 Å². The molecule has 5 rings (SSSR count). The van der Waals surface area contributed by atoms with Crippen LogP contribution in [0.1, 0.15) is 42.2 Å². The summed E-state index contributed by atoms with van der Waals surface area (Å²) in [6.07, 6.45) is 0.300. The van der Waals surface area contributed by atoms with Gasteiger partial charge in [-0.3, -0.25) is 53.2 Å². The van der Waals surface area contributed by atoms with Gasteiger partial charge in [-0.1, -0.05) is 47.5 Å². The van der Waals surface area contributed by atoms with Crippen molar-refractivity contribution in [3.8, 4) is 17.2 Å². The number of nitrogens with one attached hydrogen (secondary N) is 5. The number of anilines is 1. The van der Waals surface area contributed by atoms with Crippen LogP contribution in [0.4, 0.5) is 5.69 Å². The second kappa shape index (κ2) is 32.9. The molecule has 1 aliphatic rings. The van der Waals surface area contributed by atoms with Crippen LogP contribution in [0.25, 0.3) is 0 Å². The molecule has 0 aromatic heterocycles. The number of aliphatic carboxylic acids is 4. The smallest absolute Gasteiger partial charge is 0.317 e. The first-order chi connectivity index (χ1) is 37.2. The number of thiocarbonyl (C=S) groups is 1. The van der Waals surface area contributed by atoms with Crippen molar-refractivity contribution >= 4 is 87.8 Å². The van der Waals surface area contributed by atoms with Crippen molar-refractivity contribution in [1.82, 2.24) is 40.9 Å². The summed E-state index contributed by atoms with van der Waals surface area (Å²) in [7, 11) is 0. The van der Waals surface area contributed by atoms with Gasteiger partial charge in [-0.05, 0) is 78.3 Å². The van der Waals surface area contributed by atoms with Crippen LogP contribution in [0, 0.1) is 6.67 Å². The van der Waals surface area contributed by atoms with Gasteiger partial charge in [-0.15, -0.1) is 0 Å². The van der Waals surface area contributed by atoms with Gasteiger partial charge in [0, 0.05) is 105 Å². The largest absolute Gasteiger partial charge is 0.508 e. The maximum Gasteiger partial charge on any atom is 0.317 e.